The molecule has 0 bridgehead atoms. The van der Waals surface area contributed by atoms with Gasteiger partial charge in [-0.25, -0.2) is 4.98 Å². The molecular formula is C17H15F6N3OS. The molecule has 0 saturated carbocycles. The number of nitrogens with one attached hydrogen (secondary N) is 1. The number of hydrogen-bond acceptors (Lipinski definition) is 4. The first-order valence-electron chi connectivity index (χ1n) is 8.29. The maximum Gasteiger partial charge on any atom is 0.416 e. The van der Waals surface area contributed by atoms with E-state index in [1.165, 1.54) is 11.3 Å². The summed E-state index contributed by atoms with van der Waals surface area (Å²) in [6, 6.07) is 0.784. The number of hydrogen-bond donors (Lipinski definition) is 1. The SMILES string of the molecule is CCN1CCc2nc(NC(=O)c3cc(C(F)(F)F)cc(C(F)(F)F)c3)sc2C1. The molecule has 1 aromatic carbocycles. The van der Waals surface area contributed by atoms with Crippen LogP contribution in [-0.4, -0.2) is 28.9 Å². The van der Waals surface area contributed by atoms with Gasteiger partial charge in [0.15, 0.2) is 5.13 Å². The molecule has 1 N–H and O–H groups in total. The molecule has 1 amide bonds. The molecule has 0 saturated heterocycles. The number of alkyl halides is 6. The monoisotopic (exact) mass is 423 g/mol. The third-order valence-corrected chi connectivity index (χ3v) is 5.33. The molecule has 2 aromatic rings. The summed E-state index contributed by atoms with van der Waals surface area (Å²) in [5, 5.41) is 2.47. The zero-order chi connectivity index (χ0) is 20.7. The number of benzene rings is 1. The Morgan fingerprint density at radius 2 is 1.75 bits per heavy atom. The van der Waals surface area contributed by atoms with Crippen molar-refractivity contribution in [3.63, 3.8) is 0 Å². The summed E-state index contributed by atoms with van der Waals surface area (Å²) in [7, 11) is 0. The van der Waals surface area contributed by atoms with E-state index >= 15 is 0 Å². The van der Waals surface area contributed by atoms with Gasteiger partial charge in [-0.05, 0) is 24.7 Å². The molecule has 1 aliphatic heterocycles. The molecule has 1 aromatic heterocycles. The average Bonchev–Trinajstić information content (AvgIpc) is 3.00. The second-order valence-electron chi connectivity index (χ2n) is 6.26. The van der Waals surface area contributed by atoms with E-state index in [1.807, 2.05) is 6.92 Å². The van der Waals surface area contributed by atoms with Gasteiger partial charge < -0.3 is 0 Å². The number of anilines is 1. The van der Waals surface area contributed by atoms with E-state index in [2.05, 4.69) is 15.2 Å². The van der Waals surface area contributed by atoms with Crippen molar-refractivity contribution in [1.29, 1.82) is 0 Å². The molecule has 3 rings (SSSR count). The molecule has 0 fully saturated rings. The lowest BCUT2D eigenvalue weighted by Gasteiger charge is -2.23. The Labute approximate surface area is 160 Å². The van der Waals surface area contributed by atoms with Gasteiger partial charge in [-0.1, -0.05) is 6.92 Å². The molecule has 0 spiro atoms. The first-order valence-corrected chi connectivity index (χ1v) is 9.10. The maximum atomic E-state index is 12.9. The van der Waals surface area contributed by atoms with Gasteiger partial charge >= 0.3 is 12.4 Å². The number of fused-ring (bicyclic) bond motifs is 1. The van der Waals surface area contributed by atoms with Crippen LogP contribution in [0.1, 0.15) is 39.0 Å². The Morgan fingerprint density at radius 3 is 2.29 bits per heavy atom. The molecule has 2 heterocycles. The summed E-state index contributed by atoms with van der Waals surface area (Å²) < 4.78 is 77.6. The van der Waals surface area contributed by atoms with Gasteiger partial charge in [0.25, 0.3) is 5.91 Å². The standard InChI is InChI=1S/C17H15F6N3OS/c1-2-26-4-3-12-13(8-26)28-15(24-12)25-14(27)9-5-10(16(18,19)20)7-11(6-9)17(21,22)23/h5-7H,2-4,8H2,1H3,(H,24,25,27). The average molecular weight is 423 g/mol. The number of rotatable bonds is 3. The number of carbonyl (C=O) groups excluding carboxylic acids is 1. The molecule has 152 valence electrons. The highest BCUT2D eigenvalue weighted by atomic mass is 32.1. The van der Waals surface area contributed by atoms with Crippen molar-refractivity contribution in [2.24, 2.45) is 0 Å². The van der Waals surface area contributed by atoms with E-state index in [1.54, 1.807) is 0 Å². The van der Waals surface area contributed by atoms with E-state index in [0.29, 0.717) is 25.1 Å². The summed E-state index contributed by atoms with van der Waals surface area (Å²) >= 11 is 1.17. The fourth-order valence-corrected chi connectivity index (χ4v) is 3.87. The van der Waals surface area contributed by atoms with E-state index in [-0.39, 0.29) is 11.2 Å². The Hall–Kier alpha value is -2.14. The first kappa shape index (κ1) is 20.6. The van der Waals surface area contributed by atoms with Crippen LogP contribution >= 0.6 is 11.3 Å². The maximum absolute atomic E-state index is 12.9. The van der Waals surface area contributed by atoms with Crippen molar-refractivity contribution in [3.05, 3.63) is 45.5 Å². The quantitative estimate of drug-likeness (QED) is 0.721. The molecule has 0 radical (unpaired) electrons. The Kier molecular flexibility index (Phi) is 5.41. The van der Waals surface area contributed by atoms with Crippen LogP contribution < -0.4 is 5.32 Å². The molecule has 0 aliphatic carbocycles. The van der Waals surface area contributed by atoms with Gasteiger partial charge in [0.05, 0.1) is 16.8 Å². The van der Waals surface area contributed by atoms with Crippen molar-refractivity contribution < 1.29 is 31.1 Å². The molecule has 11 heteroatoms. The second kappa shape index (κ2) is 7.36. The number of carbonyl (C=O) groups is 1. The highest BCUT2D eigenvalue weighted by Crippen LogP contribution is 2.36. The van der Waals surface area contributed by atoms with Crippen molar-refractivity contribution in [2.75, 3.05) is 18.4 Å². The van der Waals surface area contributed by atoms with E-state index < -0.39 is 35.0 Å². The van der Waals surface area contributed by atoms with Crippen molar-refractivity contribution in [2.45, 2.75) is 32.2 Å². The smallest absolute Gasteiger partial charge is 0.298 e. The zero-order valence-electron chi connectivity index (χ0n) is 14.5. The van der Waals surface area contributed by atoms with Gasteiger partial charge in [-0.3, -0.25) is 15.0 Å². The topological polar surface area (TPSA) is 45.2 Å². The van der Waals surface area contributed by atoms with Crippen LogP contribution in [0.25, 0.3) is 0 Å². The Balaban J connectivity index is 1.88. The molecule has 28 heavy (non-hydrogen) atoms. The van der Waals surface area contributed by atoms with E-state index in [9.17, 15) is 31.1 Å². The third kappa shape index (κ3) is 4.46. The first-order chi connectivity index (χ1) is 13.0. The van der Waals surface area contributed by atoms with Gasteiger partial charge in [0.1, 0.15) is 0 Å². The van der Waals surface area contributed by atoms with Crippen LogP contribution in [0.3, 0.4) is 0 Å². The highest BCUT2D eigenvalue weighted by molar-refractivity contribution is 7.15. The molecule has 1 aliphatic rings. The van der Waals surface area contributed by atoms with Crippen LogP contribution in [0, 0.1) is 0 Å². The fraction of sp³-hybridized carbons (Fsp3) is 0.412. The van der Waals surface area contributed by atoms with Gasteiger partial charge in [-0.2, -0.15) is 26.3 Å². The summed E-state index contributed by atoms with van der Waals surface area (Å²) in [4.78, 5) is 19.6. The Bertz CT molecular complexity index is 858. The van der Waals surface area contributed by atoms with Gasteiger partial charge in [-0.15, -0.1) is 11.3 Å². The number of nitrogens with zero attached hydrogens (tertiary/aromatic N) is 2. The number of amides is 1. The van der Waals surface area contributed by atoms with E-state index in [4.69, 9.17) is 0 Å². The van der Waals surface area contributed by atoms with Crippen molar-refractivity contribution >= 4 is 22.4 Å². The van der Waals surface area contributed by atoms with Crippen LogP contribution in [-0.2, 0) is 25.3 Å². The lowest BCUT2D eigenvalue weighted by molar-refractivity contribution is -0.143. The summed E-state index contributed by atoms with van der Waals surface area (Å²) in [6.07, 6.45) is -9.36. The third-order valence-electron chi connectivity index (χ3n) is 4.33. The predicted molar refractivity (Wildman–Crippen MR) is 91.2 cm³/mol. The van der Waals surface area contributed by atoms with Crippen LogP contribution in [0.15, 0.2) is 18.2 Å². The number of thiazole rings is 1. The highest BCUT2D eigenvalue weighted by Gasteiger charge is 2.37. The van der Waals surface area contributed by atoms with Crippen molar-refractivity contribution in [1.82, 2.24) is 9.88 Å². The normalized spacial score (nSPS) is 15.4. The van der Waals surface area contributed by atoms with Crippen LogP contribution in [0.4, 0.5) is 31.5 Å². The largest absolute Gasteiger partial charge is 0.416 e. The summed E-state index contributed by atoms with van der Waals surface area (Å²) in [5.74, 6) is -1.07. The van der Waals surface area contributed by atoms with Gasteiger partial charge in [0, 0.05) is 30.0 Å². The lowest BCUT2D eigenvalue weighted by Crippen LogP contribution is -2.29. The van der Waals surface area contributed by atoms with Gasteiger partial charge in [0.2, 0.25) is 0 Å². The van der Waals surface area contributed by atoms with Crippen LogP contribution in [0.5, 0.6) is 0 Å². The second-order valence-corrected chi connectivity index (χ2v) is 7.34. The Morgan fingerprint density at radius 1 is 1.14 bits per heavy atom. The summed E-state index contributed by atoms with van der Waals surface area (Å²) in [5.41, 5.74) is -3.02. The minimum Gasteiger partial charge on any atom is -0.298 e. The zero-order valence-corrected chi connectivity index (χ0v) is 15.4. The minimum absolute atomic E-state index is 0.0157. The predicted octanol–water partition coefficient (Wildman–Crippen LogP) is 4.81. The number of halogens is 6. The summed E-state index contributed by atoms with van der Waals surface area (Å²) in [6.45, 7) is 4.27. The van der Waals surface area contributed by atoms with Crippen molar-refractivity contribution in [3.8, 4) is 0 Å². The molecule has 0 unspecified atom stereocenters. The van der Waals surface area contributed by atoms with E-state index in [0.717, 1.165) is 23.7 Å². The van der Waals surface area contributed by atoms with Crippen LogP contribution in [0.2, 0.25) is 0 Å². The minimum atomic E-state index is -5.01. The lowest BCUT2D eigenvalue weighted by atomic mass is 10.0. The molecular weight excluding hydrogens is 408 g/mol. The number of likely N-dealkylation sites (N-methyl/N-ethyl adjacent to an activating group) is 1. The molecule has 0 atom stereocenters. The fourth-order valence-electron chi connectivity index (χ4n) is 2.83. The number of aromatic nitrogens is 1. The molecule has 4 nitrogen and oxygen atoms in total.